The SMILES string of the molecule is O=C(O)N1CCC(n2c(=O)n(C(=O)c3ccccc3)c3ccccc32)CC1.O=C(O)N1CCCC(n2c(=O)[nH]c3ccccc32)C[C@@H]1CCCN(Cc1ccccc1)Cc1ccccc1. The maximum Gasteiger partial charge on any atom is 0.407 e. The molecule has 2 aliphatic rings. The lowest BCUT2D eigenvalue weighted by Gasteiger charge is -2.30. The van der Waals surface area contributed by atoms with Gasteiger partial charge in [-0.2, -0.15) is 0 Å². The Morgan fingerprint density at radius 1 is 0.615 bits per heavy atom. The van der Waals surface area contributed by atoms with Crippen molar-refractivity contribution in [2.24, 2.45) is 0 Å². The zero-order valence-corrected chi connectivity index (χ0v) is 36.3. The molecule has 2 amide bonds. The Morgan fingerprint density at radius 3 is 1.80 bits per heavy atom. The topological polar surface area (TPSA) is 166 Å². The molecule has 2 aromatic heterocycles. The molecule has 14 nitrogen and oxygen atoms in total. The van der Waals surface area contributed by atoms with Gasteiger partial charge in [-0.15, -0.1) is 0 Å². The molecule has 0 radical (unpaired) electrons. The Balaban J connectivity index is 0.000000188. The molecule has 0 saturated carbocycles. The van der Waals surface area contributed by atoms with Crippen LogP contribution in [0.3, 0.4) is 0 Å². The summed E-state index contributed by atoms with van der Waals surface area (Å²) in [6.45, 7) is 3.81. The van der Waals surface area contributed by atoms with Gasteiger partial charge in [0, 0.05) is 56.4 Å². The van der Waals surface area contributed by atoms with Crippen molar-refractivity contribution in [1.82, 2.24) is 33.4 Å². The number of imidazole rings is 2. The first kappa shape index (κ1) is 44.4. The molecule has 0 spiro atoms. The Hall–Kier alpha value is -7.19. The molecule has 7 aromatic rings. The van der Waals surface area contributed by atoms with Gasteiger partial charge in [0.1, 0.15) is 0 Å². The number of nitrogens with one attached hydrogen (secondary N) is 1. The molecular weight excluding hydrogens is 823 g/mol. The van der Waals surface area contributed by atoms with Gasteiger partial charge in [0.15, 0.2) is 0 Å². The zero-order chi connectivity index (χ0) is 45.3. The minimum Gasteiger partial charge on any atom is -0.465 e. The van der Waals surface area contributed by atoms with Crippen molar-refractivity contribution in [1.29, 1.82) is 0 Å². The van der Waals surface area contributed by atoms with Crippen LogP contribution in [-0.4, -0.2) is 93.9 Å². The molecule has 2 fully saturated rings. The molecule has 5 aromatic carbocycles. The van der Waals surface area contributed by atoms with Crippen molar-refractivity contribution in [2.75, 3.05) is 26.2 Å². The fraction of sp³-hybridized carbons (Fsp3) is 0.314. The minimum absolute atomic E-state index is 0.0299. The molecule has 336 valence electrons. The van der Waals surface area contributed by atoms with Crippen molar-refractivity contribution in [3.8, 4) is 0 Å². The van der Waals surface area contributed by atoms with Crippen molar-refractivity contribution in [2.45, 2.75) is 76.2 Å². The quantitative estimate of drug-likeness (QED) is 0.116. The summed E-state index contributed by atoms with van der Waals surface area (Å²) < 4.78 is 4.72. The first-order valence-electron chi connectivity index (χ1n) is 22.4. The minimum atomic E-state index is -0.942. The van der Waals surface area contributed by atoms with Gasteiger partial charge >= 0.3 is 23.6 Å². The summed E-state index contributed by atoms with van der Waals surface area (Å²) in [5.41, 5.74) is 5.47. The number of likely N-dealkylation sites (tertiary alicyclic amines) is 2. The maximum atomic E-state index is 13.2. The Morgan fingerprint density at radius 2 is 1.18 bits per heavy atom. The van der Waals surface area contributed by atoms with Gasteiger partial charge in [-0.1, -0.05) is 103 Å². The predicted octanol–water partition coefficient (Wildman–Crippen LogP) is 8.69. The normalized spacial score (nSPS) is 16.9. The highest BCUT2D eigenvalue weighted by Gasteiger charge is 2.32. The predicted molar refractivity (Wildman–Crippen MR) is 250 cm³/mol. The van der Waals surface area contributed by atoms with Crippen molar-refractivity contribution < 1.29 is 24.6 Å². The number of rotatable bonds is 11. The van der Waals surface area contributed by atoms with E-state index in [9.17, 15) is 29.1 Å². The van der Waals surface area contributed by atoms with E-state index in [2.05, 4.69) is 58.4 Å². The van der Waals surface area contributed by atoms with Gasteiger partial charge in [-0.3, -0.25) is 18.8 Å². The number of amides is 2. The number of fused-ring (bicyclic) bond motifs is 2. The Bertz CT molecular complexity index is 2790. The summed E-state index contributed by atoms with van der Waals surface area (Å²) >= 11 is 0. The number of piperidine rings is 1. The second kappa shape index (κ2) is 20.5. The molecule has 3 N–H and O–H groups in total. The van der Waals surface area contributed by atoms with Crippen LogP contribution in [0.4, 0.5) is 9.59 Å². The van der Waals surface area contributed by atoms with E-state index in [0.717, 1.165) is 56.4 Å². The highest BCUT2D eigenvalue weighted by Crippen LogP contribution is 2.31. The van der Waals surface area contributed by atoms with E-state index in [-0.39, 0.29) is 35.4 Å². The van der Waals surface area contributed by atoms with Crippen LogP contribution in [-0.2, 0) is 13.1 Å². The van der Waals surface area contributed by atoms with Gasteiger partial charge in [0.25, 0.3) is 5.91 Å². The molecule has 9 rings (SSSR count). The van der Waals surface area contributed by atoms with Gasteiger partial charge in [-0.25, -0.2) is 23.7 Å². The summed E-state index contributed by atoms with van der Waals surface area (Å²) in [5.74, 6) is -0.362. The van der Waals surface area contributed by atoms with Crippen molar-refractivity contribution >= 4 is 40.2 Å². The lowest BCUT2D eigenvalue weighted by atomic mass is 10.00. The fourth-order valence-corrected chi connectivity index (χ4v) is 9.63. The van der Waals surface area contributed by atoms with E-state index in [1.165, 1.54) is 20.6 Å². The van der Waals surface area contributed by atoms with E-state index in [0.29, 0.717) is 55.5 Å². The standard InChI is InChI=1S/C31H36N4O3.C20H19N3O4/c36-30-32-28-17-7-8-18-29(28)35(30)27-16-10-20-34(31(37)38)26(21-27)15-9-19-33(22-24-11-3-1-4-12-24)23-25-13-5-2-6-14-25;24-18(14-6-2-1-3-7-14)23-17-9-5-4-8-16(17)22(19(23)25)15-10-12-21(13-11-15)20(26)27/h1-8,11-14,17-18,26-27H,9-10,15-16,19-23H2,(H,32,36)(H,37,38);1-9,15H,10-13H2,(H,26,27)/t26-,27?;/m0./s1. The van der Waals surface area contributed by atoms with Gasteiger partial charge in [0.05, 0.1) is 22.1 Å². The van der Waals surface area contributed by atoms with Crippen molar-refractivity contribution in [3.05, 3.63) is 177 Å². The largest absolute Gasteiger partial charge is 0.465 e. The average Bonchev–Trinajstić information content (AvgIpc) is 3.72. The molecule has 0 aliphatic carbocycles. The monoisotopic (exact) mass is 877 g/mol. The number of carbonyl (C=O) groups excluding carboxylic acids is 1. The van der Waals surface area contributed by atoms with Crippen molar-refractivity contribution in [3.63, 3.8) is 0 Å². The number of hydrogen-bond acceptors (Lipinski definition) is 6. The van der Waals surface area contributed by atoms with Crippen LogP contribution in [0.15, 0.2) is 149 Å². The van der Waals surface area contributed by atoms with E-state index in [1.807, 2.05) is 59.2 Å². The molecular formula is C51H55N7O7. The average molecular weight is 878 g/mol. The lowest BCUT2D eigenvalue weighted by molar-refractivity contribution is 0.0958. The second-order valence-corrected chi connectivity index (χ2v) is 17.0. The van der Waals surface area contributed by atoms with E-state index >= 15 is 0 Å². The number of benzene rings is 5. The molecule has 2 saturated heterocycles. The van der Waals surface area contributed by atoms with E-state index < -0.39 is 12.2 Å². The van der Waals surface area contributed by atoms with Crippen LogP contribution in [0.25, 0.3) is 22.1 Å². The second-order valence-electron chi connectivity index (χ2n) is 17.0. The summed E-state index contributed by atoms with van der Waals surface area (Å²) in [4.78, 5) is 70.8. The third kappa shape index (κ3) is 10.3. The maximum absolute atomic E-state index is 13.2. The zero-order valence-electron chi connectivity index (χ0n) is 36.3. The summed E-state index contributed by atoms with van der Waals surface area (Å²) in [5, 5.41) is 19.1. The van der Waals surface area contributed by atoms with Gasteiger partial charge in [-0.05, 0) is 99.0 Å². The summed E-state index contributed by atoms with van der Waals surface area (Å²) in [7, 11) is 0. The van der Waals surface area contributed by atoms with Gasteiger partial charge < -0.3 is 25.0 Å². The molecule has 2 aliphatic heterocycles. The first-order valence-corrected chi connectivity index (χ1v) is 22.4. The number of aromatic nitrogens is 4. The number of carboxylic acid groups (broad SMARTS) is 2. The van der Waals surface area contributed by atoms with E-state index in [4.69, 9.17) is 5.11 Å². The number of carbonyl (C=O) groups is 3. The van der Waals surface area contributed by atoms with Crippen LogP contribution in [0.1, 0.15) is 78.5 Å². The lowest BCUT2D eigenvalue weighted by Crippen LogP contribution is -2.40. The number of H-pyrrole nitrogens is 1. The van der Waals surface area contributed by atoms with Gasteiger partial charge in [0.2, 0.25) is 0 Å². The fourth-order valence-electron chi connectivity index (χ4n) is 9.63. The van der Waals surface area contributed by atoms with Crippen LogP contribution < -0.4 is 11.4 Å². The smallest absolute Gasteiger partial charge is 0.407 e. The summed E-state index contributed by atoms with van der Waals surface area (Å²) in [6.07, 6.45) is 3.09. The van der Waals surface area contributed by atoms with Crippen LogP contribution in [0.2, 0.25) is 0 Å². The van der Waals surface area contributed by atoms with E-state index in [1.54, 1.807) is 45.9 Å². The number of nitrogens with zero attached hydrogens (tertiary/aromatic N) is 6. The Kier molecular flexibility index (Phi) is 14.0. The van der Waals surface area contributed by atoms with Crippen LogP contribution in [0, 0.1) is 0 Å². The Labute approximate surface area is 376 Å². The third-order valence-electron chi connectivity index (χ3n) is 12.8. The molecule has 4 heterocycles. The highest BCUT2D eigenvalue weighted by molar-refractivity contribution is 6.01. The van der Waals surface area contributed by atoms with Crippen LogP contribution in [0.5, 0.6) is 0 Å². The third-order valence-corrected chi connectivity index (χ3v) is 12.8. The first-order chi connectivity index (χ1) is 31.7. The molecule has 2 atom stereocenters. The molecule has 1 unspecified atom stereocenters. The highest BCUT2D eigenvalue weighted by atomic mass is 16.4. The summed E-state index contributed by atoms with van der Waals surface area (Å²) in [6, 6.07) is 44.3. The number of aromatic amines is 1. The molecule has 0 bridgehead atoms. The number of para-hydroxylation sites is 4. The van der Waals surface area contributed by atoms with Crippen LogP contribution >= 0.6 is 0 Å². The number of hydrogen-bond donors (Lipinski definition) is 3. The molecule has 14 heteroatoms. The molecule has 65 heavy (non-hydrogen) atoms.